The third-order valence-corrected chi connectivity index (χ3v) is 6.58. The van der Waals surface area contributed by atoms with E-state index in [1.165, 1.54) is 0 Å². The van der Waals surface area contributed by atoms with Gasteiger partial charge in [-0.25, -0.2) is 0 Å². The fraction of sp³-hybridized carbons (Fsp3) is 0.667. The zero-order chi connectivity index (χ0) is 13.2. The van der Waals surface area contributed by atoms with E-state index in [0.717, 1.165) is 0 Å². The quantitative estimate of drug-likeness (QED) is 0.600. The fourth-order valence-electron chi connectivity index (χ4n) is 1.26. The van der Waals surface area contributed by atoms with E-state index in [0.29, 0.717) is 0 Å². The monoisotopic (exact) mass is 265 g/mol. The second-order valence-electron chi connectivity index (χ2n) is 5.59. The molecule has 0 aromatic rings. The van der Waals surface area contributed by atoms with E-state index in [4.69, 9.17) is 9.75 Å². The first kappa shape index (κ1) is 22.6. The molecule has 0 radical (unpaired) electrons. The predicted octanol–water partition coefficient (Wildman–Crippen LogP) is 1.14. The van der Waals surface area contributed by atoms with Crippen molar-refractivity contribution in [3.8, 4) is 0 Å². The molecule has 17 heavy (non-hydrogen) atoms. The van der Waals surface area contributed by atoms with Gasteiger partial charge in [0.15, 0.2) is 0 Å². The molecular weight excluding hydrogens is 237 g/mol. The van der Waals surface area contributed by atoms with E-state index >= 15 is 0 Å². The summed E-state index contributed by atoms with van der Waals surface area (Å²) in [6.07, 6.45) is 7.27. The molecule has 0 saturated heterocycles. The molecule has 0 amide bonds. The molecule has 0 fully saturated rings. The van der Waals surface area contributed by atoms with Gasteiger partial charge < -0.3 is 9.75 Å². The molecule has 0 aliphatic rings. The van der Waals surface area contributed by atoms with Crippen molar-refractivity contribution in [3.63, 3.8) is 0 Å². The van der Waals surface area contributed by atoms with E-state index in [1.54, 1.807) is 12.2 Å². The molecule has 0 aliphatic heterocycles. The van der Waals surface area contributed by atoms with Crippen LogP contribution in [-0.2, 0) is 0 Å². The van der Waals surface area contributed by atoms with Crippen molar-refractivity contribution in [3.05, 3.63) is 29.0 Å². The van der Waals surface area contributed by atoms with Gasteiger partial charge in [-0.15, -0.1) is 0 Å². The maximum atomic E-state index is 8.17. The van der Waals surface area contributed by atoms with Gasteiger partial charge in [0, 0.05) is 0 Å². The van der Waals surface area contributed by atoms with Crippen molar-refractivity contribution in [2.45, 2.75) is 46.2 Å². The first-order valence-corrected chi connectivity index (χ1v) is 12.6. The maximum Gasteiger partial charge on any atom is 1.00 e. The number of hydrogen-bond donors (Lipinski definition) is 1. The molecule has 0 aromatic carbocycles. The van der Waals surface area contributed by atoms with Crippen LogP contribution in [0.15, 0.2) is 24.3 Å². The first-order chi connectivity index (χ1) is 7.12. The summed E-state index contributed by atoms with van der Waals surface area (Å²) in [7, 11) is -2.21. The number of rotatable bonds is 4. The number of hydrogen-bond acceptors (Lipinski definition) is 1. The fourth-order valence-corrected chi connectivity index (χ4v) is 9.31. The Morgan fingerprint density at radius 2 is 1.35 bits per heavy atom. The van der Waals surface area contributed by atoms with Gasteiger partial charge in [-0.05, 0) is 6.92 Å². The van der Waals surface area contributed by atoms with Crippen LogP contribution in [0.1, 0.15) is 6.92 Å². The Balaban J connectivity index is -0.000000224. The zero-order valence-corrected chi connectivity index (χ0v) is 14.9. The number of allylic oxidation sites excluding steroid dienone is 3. The van der Waals surface area contributed by atoms with Gasteiger partial charge >= 0.3 is 18.9 Å². The number of aliphatic hydroxyl groups is 1. The minimum Gasteiger partial charge on any atom is -0.668 e. The van der Waals surface area contributed by atoms with Crippen LogP contribution in [0.4, 0.5) is 0 Å². The average molecular weight is 265 g/mol. The molecule has 2 nitrogen and oxygen atoms in total. The Labute approximate surface area is 122 Å². The summed E-state index contributed by atoms with van der Waals surface area (Å²) in [5.41, 5.74) is 0. The van der Waals surface area contributed by atoms with Gasteiger partial charge in [-0.3, -0.25) is 0 Å². The van der Waals surface area contributed by atoms with Crippen LogP contribution in [0.2, 0.25) is 39.3 Å². The summed E-state index contributed by atoms with van der Waals surface area (Å²) in [5.74, 6) is 0. The topological polar surface area (TPSA) is 34.3 Å². The minimum atomic E-state index is -1.11. The van der Waals surface area contributed by atoms with E-state index in [2.05, 4.69) is 39.3 Å². The smallest absolute Gasteiger partial charge is 0.668 e. The molecule has 0 rings (SSSR count). The molecule has 0 aliphatic carbocycles. The van der Waals surface area contributed by atoms with Gasteiger partial charge in [0.2, 0.25) is 0 Å². The first-order valence-electron chi connectivity index (χ1n) is 5.75. The van der Waals surface area contributed by atoms with Gasteiger partial charge in [0.1, 0.15) is 0 Å². The van der Waals surface area contributed by atoms with Crippen LogP contribution < -0.4 is 18.9 Å². The van der Waals surface area contributed by atoms with Crippen molar-refractivity contribution in [2.75, 3.05) is 6.61 Å². The normalized spacial score (nSPS) is 12.2. The molecule has 1 N–H and O–H groups in total. The van der Waals surface area contributed by atoms with Gasteiger partial charge in [0.25, 0.3) is 0 Å². The zero-order valence-electron chi connectivity index (χ0n) is 12.9. The Hall–Kier alpha value is 0.431. The number of nitrogens with zero attached hydrogens (tertiary/aromatic N) is 1. The number of aliphatic hydroxyl groups excluding tert-OH is 1. The Bertz CT molecular complexity index is 206. The average Bonchev–Trinajstić information content (AvgIpc) is 1.99. The van der Waals surface area contributed by atoms with Crippen LogP contribution in [0.3, 0.4) is 0 Å². The Morgan fingerprint density at radius 1 is 0.941 bits per heavy atom. The summed E-state index contributed by atoms with van der Waals surface area (Å²) < 4.78 is 4.82. The van der Waals surface area contributed by atoms with E-state index in [9.17, 15) is 0 Å². The molecule has 0 spiro atoms. The Kier molecular flexibility index (Phi) is 15.3. The second-order valence-corrected chi connectivity index (χ2v) is 15.2. The van der Waals surface area contributed by atoms with Crippen LogP contribution in [-0.4, -0.2) is 28.2 Å². The molecule has 0 bridgehead atoms. The standard InChI is InChI=1S/C6H18NSi2.C6H10O.Li/c1-8(2,3)7-9(4,5)6;1-2-3-4-5-6-7;/h1-6H3;2-5,7H,6H2,1H3;/q-1;;+1. The van der Waals surface area contributed by atoms with E-state index in [1.807, 2.05) is 19.1 Å². The van der Waals surface area contributed by atoms with Gasteiger partial charge in [0.05, 0.1) is 6.61 Å². The predicted molar refractivity (Wildman–Crippen MR) is 81.1 cm³/mol. The third kappa shape index (κ3) is 31.4. The second kappa shape index (κ2) is 11.5. The van der Waals surface area contributed by atoms with Crippen molar-refractivity contribution in [1.82, 2.24) is 0 Å². The van der Waals surface area contributed by atoms with Crippen LogP contribution in [0.5, 0.6) is 0 Å². The molecule has 96 valence electrons. The molecule has 5 heteroatoms. The van der Waals surface area contributed by atoms with Crippen molar-refractivity contribution in [2.24, 2.45) is 0 Å². The summed E-state index contributed by atoms with van der Waals surface area (Å²) in [4.78, 5) is 0. The SMILES string of the molecule is CC=CC=CCO.C[Si](C)(C)[N-][Si](C)(C)C.[Li+]. The van der Waals surface area contributed by atoms with Crippen LogP contribution >= 0.6 is 0 Å². The molecule has 0 atom stereocenters. The van der Waals surface area contributed by atoms with Crippen LogP contribution in [0, 0.1) is 0 Å². The molecular formula is C12H28LiNOSi2. The Morgan fingerprint density at radius 3 is 1.53 bits per heavy atom. The van der Waals surface area contributed by atoms with Gasteiger partial charge in [-0.1, -0.05) is 80.1 Å². The summed E-state index contributed by atoms with van der Waals surface area (Å²) in [5, 5.41) is 8.17. The minimum absolute atomic E-state index is 0. The largest absolute Gasteiger partial charge is 1.00 e. The van der Waals surface area contributed by atoms with Crippen molar-refractivity contribution in [1.29, 1.82) is 0 Å². The molecule has 0 unspecified atom stereocenters. The summed E-state index contributed by atoms with van der Waals surface area (Å²) in [6, 6.07) is 0. The molecule has 0 saturated carbocycles. The van der Waals surface area contributed by atoms with E-state index in [-0.39, 0.29) is 25.5 Å². The van der Waals surface area contributed by atoms with E-state index < -0.39 is 16.5 Å². The van der Waals surface area contributed by atoms with Crippen molar-refractivity contribution < 1.29 is 24.0 Å². The maximum absolute atomic E-state index is 8.17. The third-order valence-electron chi connectivity index (χ3n) is 1.22. The van der Waals surface area contributed by atoms with Gasteiger partial charge in [-0.2, -0.15) is 0 Å². The van der Waals surface area contributed by atoms with Crippen LogP contribution in [0.25, 0.3) is 4.65 Å². The summed E-state index contributed by atoms with van der Waals surface area (Å²) in [6.45, 7) is 15.8. The summed E-state index contributed by atoms with van der Waals surface area (Å²) >= 11 is 0. The molecule has 0 aromatic heterocycles. The molecule has 0 heterocycles. The van der Waals surface area contributed by atoms with Crippen molar-refractivity contribution >= 4 is 16.5 Å².